The third kappa shape index (κ3) is 7.51. The maximum absolute atomic E-state index is 13.7. The van der Waals surface area contributed by atoms with Gasteiger partial charge in [0.2, 0.25) is 0 Å². The van der Waals surface area contributed by atoms with Gasteiger partial charge in [0.25, 0.3) is 0 Å². The Hall–Kier alpha value is -3.56. The number of nitrogens with zero attached hydrogens (tertiary/aromatic N) is 3. The molecule has 2 fully saturated rings. The molecule has 4 amide bonds. The third-order valence-corrected chi connectivity index (χ3v) is 9.52. The molecule has 2 saturated heterocycles. The molecule has 8 nitrogen and oxygen atoms in total. The maximum Gasteiger partial charge on any atom is 0.416 e. The van der Waals surface area contributed by atoms with Gasteiger partial charge < -0.3 is 15.1 Å². The highest BCUT2D eigenvalue weighted by atomic mass is 32.2. The minimum Gasteiger partial charge on any atom is -0.335 e. The quantitative estimate of drug-likeness (QED) is 0.472. The summed E-state index contributed by atoms with van der Waals surface area (Å²) in [7, 11) is -0.820. The van der Waals surface area contributed by atoms with E-state index in [1.807, 2.05) is 0 Å². The minimum absolute atomic E-state index is 0.0364. The second-order valence-corrected chi connectivity index (χ2v) is 13.0. The van der Waals surface area contributed by atoms with Crippen LogP contribution in [0, 0.1) is 5.82 Å². The number of alkyl halides is 6. The summed E-state index contributed by atoms with van der Waals surface area (Å²) in [6.45, 7) is -0.0123. The van der Waals surface area contributed by atoms with Crippen LogP contribution in [-0.2, 0) is 22.2 Å². The molecule has 0 bridgehead atoms. The van der Waals surface area contributed by atoms with Crippen LogP contribution in [-0.4, -0.2) is 81.1 Å². The number of nitrogens with one attached hydrogen (secondary N) is 1. The summed E-state index contributed by atoms with van der Waals surface area (Å²) >= 11 is 0. The predicted octanol–water partition coefficient (Wildman–Crippen LogP) is 5.11. The van der Waals surface area contributed by atoms with Gasteiger partial charge in [-0.3, -0.25) is 4.90 Å². The van der Waals surface area contributed by atoms with Gasteiger partial charge >= 0.3 is 24.4 Å². The molecule has 0 aromatic heterocycles. The van der Waals surface area contributed by atoms with E-state index in [2.05, 4.69) is 5.32 Å². The first kappa shape index (κ1) is 32.4. The lowest BCUT2D eigenvalue weighted by molar-refractivity contribution is -0.143. The number of likely N-dealkylation sites (N-methyl/N-ethyl adjacent to an activating group) is 1. The number of amides is 4. The van der Waals surface area contributed by atoms with Crippen molar-refractivity contribution in [3.8, 4) is 0 Å². The molecule has 16 heteroatoms. The number of sulfone groups is 1. The Balaban J connectivity index is 1.59. The van der Waals surface area contributed by atoms with Crippen molar-refractivity contribution in [2.24, 2.45) is 0 Å². The van der Waals surface area contributed by atoms with E-state index in [9.17, 15) is 48.7 Å². The molecule has 2 aromatic carbocycles. The van der Waals surface area contributed by atoms with Crippen molar-refractivity contribution in [1.82, 2.24) is 15.1 Å². The fourth-order valence-electron chi connectivity index (χ4n) is 5.30. The molecule has 2 heterocycles. The van der Waals surface area contributed by atoms with Crippen molar-refractivity contribution in [2.45, 2.75) is 43.2 Å². The van der Waals surface area contributed by atoms with Gasteiger partial charge in [-0.05, 0) is 48.7 Å². The average molecular weight is 639 g/mol. The number of benzene rings is 2. The van der Waals surface area contributed by atoms with Gasteiger partial charge in [-0.2, -0.15) is 26.3 Å². The number of urea groups is 2. The van der Waals surface area contributed by atoms with Crippen molar-refractivity contribution in [3.05, 3.63) is 65.0 Å². The van der Waals surface area contributed by atoms with Crippen LogP contribution in [0.1, 0.15) is 35.4 Å². The number of hydrogen-bond donors (Lipinski definition) is 1. The summed E-state index contributed by atoms with van der Waals surface area (Å²) in [4.78, 5) is 29.8. The van der Waals surface area contributed by atoms with Gasteiger partial charge in [0.1, 0.15) is 15.7 Å². The molecule has 2 aromatic rings. The zero-order valence-electron chi connectivity index (χ0n) is 23.0. The average Bonchev–Trinajstić information content (AvgIpc) is 3.38. The van der Waals surface area contributed by atoms with E-state index in [0.29, 0.717) is 22.6 Å². The Morgan fingerprint density at radius 1 is 0.884 bits per heavy atom. The highest BCUT2D eigenvalue weighted by Gasteiger charge is 2.42. The summed E-state index contributed by atoms with van der Waals surface area (Å²) in [5, 5.41) is 2.79. The van der Waals surface area contributed by atoms with Gasteiger partial charge in [-0.1, -0.05) is 12.1 Å². The normalized spacial score (nSPS) is 21.0. The number of likely N-dealkylation sites (tertiary alicyclic amines) is 1. The lowest BCUT2D eigenvalue weighted by atomic mass is 9.93. The number of halogens is 7. The Kier molecular flexibility index (Phi) is 8.91. The molecule has 2 atom stereocenters. The second kappa shape index (κ2) is 11.8. The van der Waals surface area contributed by atoms with Crippen LogP contribution in [0.15, 0.2) is 42.5 Å². The number of hydrogen-bond acceptors (Lipinski definition) is 4. The van der Waals surface area contributed by atoms with E-state index in [1.165, 1.54) is 36.2 Å². The first-order valence-electron chi connectivity index (χ1n) is 13.2. The highest BCUT2D eigenvalue weighted by molar-refractivity contribution is 7.91. The van der Waals surface area contributed by atoms with Crippen LogP contribution < -0.4 is 10.2 Å². The molecule has 0 spiro atoms. The summed E-state index contributed by atoms with van der Waals surface area (Å²) in [5.41, 5.74) is -3.26. The minimum atomic E-state index is -5.11. The largest absolute Gasteiger partial charge is 0.416 e. The van der Waals surface area contributed by atoms with E-state index in [1.54, 1.807) is 0 Å². The SMILES string of the molecule is CN(C(=O)N(C)[C@@H]1CN(C(=O)NC2CCS(=O)(=O)CC2)C[C@H]1c1ccc(F)cc1)c1cc(C(F)(F)F)cc(C(F)(F)F)c1. The number of carbonyl (C=O) groups is 2. The third-order valence-electron chi connectivity index (χ3n) is 7.80. The zero-order chi connectivity index (χ0) is 31.9. The highest BCUT2D eigenvalue weighted by Crippen LogP contribution is 2.39. The summed E-state index contributed by atoms with van der Waals surface area (Å²) < 4.78 is 118. The lowest BCUT2D eigenvalue weighted by Gasteiger charge is -2.33. The molecule has 4 rings (SSSR count). The summed E-state index contributed by atoms with van der Waals surface area (Å²) in [5.74, 6) is -1.27. The molecule has 0 unspecified atom stereocenters. The van der Waals surface area contributed by atoms with Gasteiger partial charge in [0.15, 0.2) is 0 Å². The fourth-order valence-corrected chi connectivity index (χ4v) is 6.80. The molecule has 2 aliphatic rings. The molecule has 0 aliphatic carbocycles. The molecule has 2 aliphatic heterocycles. The Bertz CT molecular complexity index is 1420. The predicted molar refractivity (Wildman–Crippen MR) is 143 cm³/mol. The van der Waals surface area contributed by atoms with Crippen molar-refractivity contribution in [3.63, 3.8) is 0 Å². The Morgan fingerprint density at radius 3 is 1.93 bits per heavy atom. The number of anilines is 1. The Morgan fingerprint density at radius 2 is 1.42 bits per heavy atom. The van der Waals surface area contributed by atoms with Gasteiger partial charge in [0.05, 0.1) is 28.7 Å². The molecule has 43 heavy (non-hydrogen) atoms. The summed E-state index contributed by atoms with van der Waals surface area (Å²) in [6, 6.07) is 3.49. The first-order valence-corrected chi connectivity index (χ1v) is 15.0. The van der Waals surface area contributed by atoms with Gasteiger partial charge in [-0.15, -0.1) is 0 Å². The van der Waals surface area contributed by atoms with Gasteiger partial charge in [0, 0.05) is 44.8 Å². The monoisotopic (exact) mass is 638 g/mol. The first-order chi connectivity index (χ1) is 19.9. The number of rotatable bonds is 4. The van der Waals surface area contributed by atoms with Crippen molar-refractivity contribution in [1.29, 1.82) is 0 Å². The topological polar surface area (TPSA) is 90.0 Å². The van der Waals surface area contributed by atoms with Crippen LogP contribution in [0.25, 0.3) is 0 Å². The van der Waals surface area contributed by atoms with Crippen LogP contribution in [0.2, 0.25) is 0 Å². The van der Waals surface area contributed by atoms with Crippen molar-refractivity contribution >= 4 is 27.6 Å². The van der Waals surface area contributed by atoms with E-state index in [0.717, 1.165) is 11.9 Å². The van der Waals surface area contributed by atoms with E-state index in [4.69, 9.17) is 0 Å². The van der Waals surface area contributed by atoms with Crippen LogP contribution in [0.5, 0.6) is 0 Å². The van der Waals surface area contributed by atoms with Crippen LogP contribution in [0.3, 0.4) is 0 Å². The van der Waals surface area contributed by atoms with E-state index >= 15 is 0 Å². The van der Waals surface area contributed by atoms with E-state index in [-0.39, 0.29) is 43.5 Å². The molecular weight excluding hydrogens is 609 g/mol. The molecule has 1 N–H and O–H groups in total. The van der Waals surface area contributed by atoms with Gasteiger partial charge in [-0.25, -0.2) is 22.4 Å². The summed E-state index contributed by atoms with van der Waals surface area (Å²) in [6.07, 6.45) is -9.76. The zero-order valence-corrected chi connectivity index (χ0v) is 23.9. The van der Waals surface area contributed by atoms with Crippen LogP contribution in [0.4, 0.5) is 46.0 Å². The Labute approximate surface area is 243 Å². The van der Waals surface area contributed by atoms with E-state index < -0.39 is 74.9 Å². The fraction of sp³-hybridized carbons (Fsp3) is 0.481. The number of carbonyl (C=O) groups excluding carboxylic acids is 2. The van der Waals surface area contributed by atoms with Crippen LogP contribution >= 0.6 is 0 Å². The van der Waals surface area contributed by atoms with Crippen molar-refractivity contribution in [2.75, 3.05) is 43.6 Å². The second-order valence-electron chi connectivity index (χ2n) is 10.7. The molecule has 0 radical (unpaired) electrons. The molecule has 236 valence electrons. The maximum atomic E-state index is 13.7. The smallest absolute Gasteiger partial charge is 0.335 e. The van der Waals surface area contributed by atoms with Crippen molar-refractivity contribution < 1.29 is 48.7 Å². The molecular formula is C27H29F7N4O4S. The molecule has 0 saturated carbocycles. The standard InChI is InChI=1S/C27H29F7N4O4S/c1-36(21-12-17(26(29,30)31)11-18(13-21)27(32,33)34)25(40)37(2)23-15-38(14-22(23)16-3-5-19(28)6-4-16)24(39)35-20-7-9-43(41,42)10-8-20/h3-6,11-13,20,22-23H,7-10,14-15H2,1-2H3,(H,35,39)/t22-,23+/m0/s1. The lowest BCUT2D eigenvalue weighted by Crippen LogP contribution is -2.49.